The number of fused-ring (bicyclic) bond motifs is 3. The molecule has 0 radical (unpaired) electrons. The molecule has 0 unspecified atom stereocenters. The fourth-order valence-corrected chi connectivity index (χ4v) is 3.76. The first-order valence-electron chi connectivity index (χ1n) is 8.33. The zero-order valence-corrected chi connectivity index (χ0v) is 12.9. The van der Waals surface area contributed by atoms with Gasteiger partial charge in [0.1, 0.15) is 5.82 Å². The number of imidazole rings is 1. The van der Waals surface area contributed by atoms with Crippen molar-refractivity contribution in [3.63, 3.8) is 0 Å². The van der Waals surface area contributed by atoms with E-state index in [9.17, 15) is 0 Å². The van der Waals surface area contributed by atoms with Crippen LogP contribution >= 0.6 is 0 Å². The lowest BCUT2D eigenvalue weighted by atomic mass is 10.1. The Morgan fingerprint density at radius 2 is 1.61 bits per heavy atom. The van der Waals surface area contributed by atoms with Crippen LogP contribution in [0.2, 0.25) is 0 Å². The van der Waals surface area contributed by atoms with Crippen LogP contribution in [-0.4, -0.2) is 19.2 Å². The number of aromatic nitrogens is 4. The molecule has 114 valence electrons. The molecule has 0 atom stereocenters. The summed E-state index contributed by atoms with van der Waals surface area (Å²) in [6, 6.07) is 18.6. The first kappa shape index (κ1) is 12.9. The lowest BCUT2D eigenvalue weighted by molar-refractivity contribution is 0.654. The summed E-state index contributed by atoms with van der Waals surface area (Å²) in [7, 11) is 0. The van der Waals surface area contributed by atoms with Crippen LogP contribution in [0.1, 0.15) is 37.4 Å². The number of benzene rings is 2. The van der Waals surface area contributed by atoms with E-state index in [4.69, 9.17) is 10.1 Å². The molecule has 0 spiro atoms. The third-order valence-corrected chi connectivity index (χ3v) is 4.89. The topological polar surface area (TPSA) is 35.1 Å². The molecule has 23 heavy (non-hydrogen) atoms. The molecule has 0 bridgehead atoms. The van der Waals surface area contributed by atoms with Gasteiger partial charge < -0.3 is 0 Å². The van der Waals surface area contributed by atoms with Crippen molar-refractivity contribution in [1.29, 1.82) is 0 Å². The molecule has 2 aromatic heterocycles. The fraction of sp³-hybridized carbons (Fsp3) is 0.263. The van der Waals surface area contributed by atoms with Crippen molar-refractivity contribution >= 4 is 16.8 Å². The normalized spacial score (nSPS) is 15.8. The van der Waals surface area contributed by atoms with Crippen LogP contribution in [0.3, 0.4) is 0 Å². The first-order valence-corrected chi connectivity index (χ1v) is 8.33. The van der Waals surface area contributed by atoms with Gasteiger partial charge in [0.15, 0.2) is 0 Å². The lowest BCUT2D eigenvalue weighted by Crippen LogP contribution is -2.01. The first-order chi connectivity index (χ1) is 11.4. The number of hydrogen-bond donors (Lipinski definition) is 0. The monoisotopic (exact) mass is 302 g/mol. The number of para-hydroxylation sites is 3. The van der Waals surface area contributed by atoms with Gasteiger partial charge in [0.2, 0.25) is 5.78 Å². The van der Waals surface area contributed by atoms with Crippen molar-refractivity contribution in [3.05, 3.63) is 60.4 Å². The minimum absolute atomic E-state index is 0.542. The van der Waals surface area contributed by atoms with Crippen LogP contribution in [0.4, 0.5) is 0 Å². The van der Waals surface area contributed by atoms with Crippen LogP contribution in [0.15, 0.2) is 54.6 Å². The average Bonchev–Trinajstić information content (AvgIpc) is 3.31. The Labute approximate surface area is 134 Å². The number of nitrogens with zero attached hydrogens (tertiary/aromatic N) is 4. The summed E-state index contributed by atoms with van der Waals surface area (Å²) in [5.74, 6) is 2.62. The van der Waals surface area contributed by atoms with Gasteiger partial charge in [0.25, 0.3) is 0 Å². The Kier molecular flexibility index (Phi) is 2.77. The van der Waals surface area contributed by atoms with E-state index in [1.54, 1.807) is 0 Å². The Morgan fingerprint density at radius 3 is 2.43 bits per heavy atom. The largest absolute Gasteiger partial charge is 0.262 e. The molecule has 4 aromatic rings. The van der Waals surface area contributed by atoms with E-state index in [1.807, 2.05) is 28.9 Å². The van der Waals surface area contributed by atoms with Crippen LogP contribution < -0.4 is 0 Å². The fourth-order valence-electron chi connectivity index (χ4n) is 3.76. The maximum atomic E-state index is 4.97. The van der Waals surface area contributed by atoms with Crippen LogP contribution in [0.25, 0.3) is 22.5 Å². The lowest BCUT2D eigenvalue weighted by Gasteiger charge is -2.06. The highest BCUT2D eigenvalue weighted by Gasteiger charge is 2.25. The predicted octanol–water partition coefficient (Wildman–Crippen LogP) is 4.33. The third kappa shape index (κ3) is 1.91. The van der Waals surface area contributed by atoms with Crippen molar-refractivity contribution in [2.75, 3.05) is 0 Å². The Morgan fingerprint density at radius 1 is 0.870 bits per heavy atom. The second-order valence-electron chi connectivity index (χ2n) is 6.32. The van der Waals surface area contributed by atoms with Gasteiger partial charge >= 0.3 is 0 Å². The van der Waals surface area contributed by atoms with Gasteiger partial charge in [-0.2, -0.15) is 9.78 Å². The van der Waals surface area contributed by atoms with Gasteiger partial charge in [0, 0.05) is 5.92 Å². The van der Waals surface area contributed by atoms with Crippen LogP contribution in [0, 0.1) is 0 Å². The minimum Gasteiger partial charge on any atom is -0.262 e. The molecule has 5 rings (SSSR count). The molecule has 0 N–H and O–H groups in total. The van der Waals surface area contributed by atoms with E-state index < -0.39 is 0 Å². The molecule has 0 amide bonds. The Hall–Kier alpha value is -2.62. The summed E-state index contributed by atoms with van der Waals surface area (Å²) in [4.78, 5) is 4.85. The van der Waals surface area contributed by atoms with Gasteiger partial charge in [-0.15, -0.1) is 0 Å². The highest BCUT2D eigenvalue weighted by molar-refractivity contribution is 5.80. The predicted molar refractivity (Wildman–Crippen MR) is 91.0 cm³/mol. The van der Waals surface area contributed by atoms with E-state index >= 15 is 0 Å². The number of rotatable bonds is 2. The van der Waals surface area contributed by atoms with E-state index in [2.05, 4.69) is 34.7 Å². The second kappa shape index (κ2) is 4.95. The smallest absolute Gasteiger partial charge is 0.238 e. The Balaban J connectivity index is 1.85. The van der Waals surface area contributed by atoms with Crippen molar-refractivity contribution in [1.82, 2.24) is 19.2 Å². The molecule has 0 aliphatic heterocycles. The summed E-state index contributed by atoms with van der Waals surface area (Å²) in [6.45, 7) is 0. The maximum absolute atomic E-state index is 4.97. The highest BCUT2D eigenvalue weighted by Crippen LogP contribution is 2.35. The summed E-state index contributed by atoms with van der Waals surface area (Å²) in [6.07, 6.45) is 5.06. The summed E-state index contributed by atoms with van der Waals surface area (Å²) < 4.78 is 4.26. The zero-order chi connectivity index (χ0) is 15.2. The van der Waals surface area contributed by atoms with E-state index in [0.717, 1.165) is 28.3 Å². The van der Waals surface area contributed by atoms with Gasteiger partial charge in [-0.05, 0) is 37.1 Å². The molecule has 1 aliphatic rings. The standard InChI is InChI=1S/C19H18N4/c1-2-10-15(11-3-1)23-19-20-16-12-6-7-13-17(16)22(19)18(21-23)14-8-4-5-9-14/h1-3,6-7,10-14H,4-5,8-9H2. The summed E-state index contributed by atoms with van der Waals surface area (Å²) >= 11 is 0. The molecule has 1 aliphatic carbocycles. The average molecular weight is 302 g/mol. The third-order valence-electron chi connectivity index (χ3n) is 4.89. The summed E-state index contributed by atoms with van der Waals surface area (Å²) in [5, 5.41) is 4.97. The number of hydrogen-bond acceptors (Lipinski definition) is 2. The Bertz CT molecular complexity index is 975. The van der Waals surface area contributed by atoms with Gasteiger partial charge in [-0.25, -0.2) is 4.98 Å². The molecular formula is C19H18N4. The van der Waals surface area contributed by atoms with Crippen molar-refractivity contribution in [2.24, 2.45) is 0 Å². The van der Waals surface area contributed by atoms with E-state index in [-0.39, 0.29) is 0 Å². The quantitative estimate of drug-likeness (QED) is 0.552. The molecule has 1 fully saturated rings. The molecule has 4 nitrogen and oxygen atoms in total. The minimum atomic E-state index is 0.542. The van der Waals surface area contributed by atoms with E-state index in [0.29, 0.717) is 5.92 Å². The van der Waals surface area contributed by atoms with Gasteiger partial charge in [-0.1, -0.05) is 43.2 Å². The molecule has 0 saturated heterocycles. The van der Waals surface area contributed by atoms with Gasteiger partial charge in [-0.3, -0.25) is 4.40 Å². The summed E-state index contributed by atoms with van der Waals surface area (Å²) in [5.41, 5.74) is 3.26. The van der Waals surface area contributed by atoms with Crippen molar-refractivity contribution in [2.45, 2.75) is 31.6 Å². The zero-order valence-electron chi connectivity index (χ0n) is 12.9. The van der Waals surface area contributed by atoms with Crippen molar-refractivity contribution in [3.8, 4) is 5.69 Å². The molecular weight excluding hydrogens is 284 g/mol. The van der Waals surface area contributed by atoms with Crippen LogP contribution in [0.5, 0.6) is 0 Å². The van der Waals surface area contributed by atoms with Crippen LogP contribution in [-0.2, 0) is 0 Å². The molecule has 4 heteroatoms. The van der Waals surface area contributed by atoms with E-state index in [1.165, 1.54) is 25.7 Å². The maximum Gasteiger partial charge on any atom is 0.238 e. The highest BCUT2D eigenvalue weighted by atomic mass is 15.4. The molecule has 2 aromatic carbocycles. The SMILES string of the molecule is c1ccc(-n2nc(C3CCCC3)n3c4ccccc4nc23)cc1. The molecule has 1 saturated carbocycles. The van der Waals surface area contributed by atoms with Gasteiger partial charge in [0.05, 0.1) is 16.7 Å². The van der Waals surface area contributed by atoms with Crippen molar-refractivity contribution < 1.29 is 0 Å². The molecule has 2 heterocycles. The second-order valence-corrected chi connectivity index (χ2v) is 6.32.